The maximum absolute atomic E-state index is 12.6. The fourth-order valence-corrected chi connectivity index (χ4v) is 3.49. The van der Waals surface area contributed by atoms with E-state index in [0.717, 1.165) is 31.0 Å². The van der Waals surface area contributed by atoms with Crippen molar-refractivity contribution in [1.29, 1.82) is 0 Å². The number of aryl methyl sites for hydroxylation is 4. The minimum Gasteiger partial charge on any atom is -0.354 e. The van der Waals surface area contributed by atoms with E-state index >= 15 is 0 Å². The molecule has 4 heterocycles. The van der Waals surface area contributed by atoms with Gasteiger partial charge in [-0.25, -0.2) is 15.0 Å². The molecule has 0 aliphatic heterocycles. The zero-order valence-electron chi connectivity index (χ0n) is 16.4. The molecule has 0 saturated carbocycles. The smallest absolute Gasteiger partial charge is 0.274 e. The van der Waals surface area contributed by atoms with Gasteiger partial charge in [0.05, 0.1) is 17.7 Å². The van der Waals surface area contributed by atoms with Gasteiger partial charge in [-0.15, -0.1) is 0 Å². The lowest BCUT2D eigenvalue weighted by molar-refractivity contribution is 0.659. The predicted molar refractivity (Wildman–Crippen MR) is 108 cm³/mol. The number of hydrogen-bond donors (Lipinski definition) is 2. The summed E-state index contributed by atoms with van der Waals surface area (Å²) in [6, 6.07) is 0. The van der Waals surface area contributed by atoms with Gasteiger partial charge in [0.25, 0.3) is 5.56 Å². The van der Waals surface area contributed by atoms with Crippen molar-refractivity contribution in [2.45, 2.75) is 46.6 Å². The molecule has 0 atom stereocenters. The molecule has 0 aliphatic carbocycles. The molecule has 0 amide bonds. The minimum atomic E-state index is -0.156. The second kappa shape index (κ2) is 7.41. The number of nitrogens with one attached hydrogen (secondary N) is 2. The Morgan fingerprint density at radius 2 is 2.04 bits per heavy atom. The average molecular weight is 380 g/mol. The number of fused-ring (bicyclic) bond motifs is 3. The topological polar surface area (TPSA) is 106 Å². The van der Waals surface area contributed by atoms with Crippen molar-refractivity contribution in [2.75, 3.05) is 11.9 Å². The van der Waals surface area contributed by atoms with Crippen LogP contribution in [0.15, 0.2) is 23.5 Å². The van der Waals surface area contributed by atoms with Gasteiger partial charge in [0.15, 0.2) is 5.65 Å². The molecule has 4 rings (SSSR count). The zero-order valence-corrected chi connectivity index (χ0v) is 16.4. The summed E-state index contributed by atoms with van der Waals surface area (Å²) in [6.45, 7) is 7.51. The number of H-pyrrole nitrogens is 1. The Kier molecular flexibility index (Phi) is 4.81. The van der Waals surface area contributed by atoms with E-state index in [1.54, 1.807) is 6.20 Å². The molecule has 0 aromatic carbocycles. The van der Waals surface area contributed by atoms with E-state index in [-0.39, 0.29) is 5.56 Å². The first-order chi connectivity index (χ1) is 13.6. The Morgan fingerprint density at radius 3 is 2.75 bits per heavy atom. The van der Waals surface area contributed by atoms with Crippen LogP contribution >= 0.6 is 0 Å². The Balaban J connectivity index is 1.73. The molecule has 4 aromatic rings. The van der Waals surface area contributed by atoms with Crippen LogP contribution in [0.1, 0.15) is 37.5 Å². The second-order valence-corrected chi connectivity index (χ2v) is 6.73. The van der Waals surface area contributed by atoms with Crippen LogP contribution < -0.4 is 10.9 Å². The average Bonchev–Trinajstić information content (AvgIpc) is 3.33. The van der Waals surface area contributed by atoms with Crippen LogP contribution in [0.2, 0.25) is 0 Å². The number of nitrogens with zero attached hydrogens (tertiary/aromatic N) is 6. The number of imidazole rings is 2. The lowest BCUT2D eigenvalue weighted by Crippen LogP contribution is -2.16. The molecule has 0 saturated heterocycles. The molecule has 28 heavy (non-hydrogen) atoms. The van der Waals surface area contributed by atoms with Gasteiger partial charge in [-0.1, -0.05) is 13.8 Å². The highest BCUT2D eigenvalue weighted by molar-refractivity contribution is 5.78. The van der Waals surface area contributed by atoms with Crippen molar-refractivity contribution in [3.05, 3.63) is 46.3 Å². The third kappa shape index (κ3) is 3.12. The van der Waals surface area contributed by atoms with E-state index in [4.69, 9.17) is 4.98 Å². The summed E-state index contributed by atoms with van der Waals surface area (Å²) in [5.41, 5.74) is 3.29. The first-order valence-corrected chi connectivity index (χ1v) is 9.62. The lowest BCUT2D eigenvalue weighted by atomic mass is 10.2. The van der Waals surface area contributed by atoms with Crippen LogP contribution in [-0.2, 0) is 19.4 Å². The monoisotopic (exact) mass is 380 g/mol. The van der Waals surface area contributed by atoms with Crippen molar-refractivity contribution >= 4 is 22.6 Å². The van der Waals surface area contributed by atoms with E-state index < -0.39 is 0 Å². The van der Waals surface area contributed by atoms with E-state index in [9.17, 15) is 4.79 Å². The van der Waals surface area contributed by atoms with Crippen molar-refractivity contribution in [1.82, 2.24) is 33.9 Å². The summed E-state index contributed by atoms with van der Waals surface area (Å²) >= 11 is 0. The Labute approximate surface area is 161 Å². The summed E-state index contributed by atoms with van der Waals surface area (Å²) in [6.07, 6.45) is 7.86. The predicted octanol–water partition coefficient (Wildman–Crippen LogP) is 2.10. The summed E-state index contributed by atoms with van der Waals surface area (Å²) in [5, 5.41) is 3.32. The van der Waals surface area contributed by atoms with Gasteiger partial charge in [0.2, 0.25) is 5.95 Å². The van der Waals surface area contributed by atoms with Gasteiger partial charge in [0.1, 0.15) is 16.9 Å². The standard InChI is InChI=1S/C19H24N8O/c1-4-13-15-17(27-14(5-2)22-12(3)16(27)18(28)24-15)25-19(23-13)21-7-6-9-26-10-8-20-11-26/h8,10-11H,4-7,9H2,1-3H3,(H,24,28)(H,21,23,25). The van der Waals surface area contributed by atoms with Crippen molar-refractivity contribution < 1.29 is 0 Å². The Bertz CT molecular complexity index is 1170. The molecule has 0 aliphatic rings. The molecular weight excluding hydrogens is 356 g/mol. The van der Waals surface area contributed by atoms with E-state index in [2.05, 4.69) is 25.3 Å². The number of hydrogen-bond acceptors (Lipinski definition) is 6. The molecule has 0 bridgehead atoms. The molecule has 9 nitrogen and oxygen atoms in total. The van der Waals surface area contributed by atoms with E-state index in [1.807, 2.05) is 42.3 Å². The molecular formula is C19H24N8O. The number of rotatable bonds is 7. The van der Waals surface area contributed by atoms with Gasteiger partial charge in [0, 0.05) is 31.9 Å². The quantitative estimate of drug-likeness (QED) is 0.476. The molecule has 0 spiro atoms. The molecule has 4 aromatic heterocycles. The Hall–Kier alpha value is -3.23. The molecule has 9 heteroatoms. The third-order valence-electron chi connectivity index (χ3n) is 4.84. The highest BCUT2D eigenvalue weighted by Crippen LogP contribution is 2.20. The molecule has 0 radical (unpaired) electrons. The van der Waals surface area contributed by atoms with Gasteiger partial charge in [-0.2, -0.15) is 4.98 Å². The molecule has 146 valence electrons. The SMILES string of the molecule is CCc1nc(NCCCn2ccnc2)nc2c1[nH]c(=O)c1c(C)nc(CC)n12. The summed E-state index contributed by atoms with van der Waals surface area (Å²) in [4.78, 5) is 33.5. The summed E-state index contributed by atoms with van der Waals surface area (Å²) in [7, 11) is 0. The van der Waals surface area contributed by atoms with Gasteiger partial charge >= 0.3 is 0 Å². The normalized spacial score (nSPS) is 11.5. The van der Waals surface area contributed by atoms with Gasteiger partial charge in [-0.3, -0.25) is 9.20 Å². The van der Waals surface area contributed by atoms with Crippen molar-refractivity contribution in [3.8, 4) is 0 Å². The first kappa shape index (κ1) is 18.1. The largest absolute Gasteiger partial charge is 0.354 e. The van der Waals surface area contributed by atoms with E-state index in [1.165, 1.54) is 0 Å². The Morgan fingerprint density at radius 1 is 1.18 bits per heavy atom. The molecule has 0 fully saturated rings. The van der Waals surface area contributed by atoms with Crippen LogP contribution in [0.3, 0.4) is 0 Å². The molecule has 0 unspecified atom stereocenters. The fraction of sp³-hybridized carbons (Fsp3) is 0.421. The fourth-order valence-electron chi connectivity index (χ4n) is 3.49. The number of aromatic nitrogens is 7. The van der Waals surface area contributed by atoms with E-state index in [0.29, 0.717) is 41.2 Å². The lowest BCUT2D eigenvalue weighted by Gasteiger charge is -2.11. The maximum Gasteiger partial charge on any atom is 0.274 e. The van der Waals surface area contributed by atoms with Gasteiger partial charge in [-0.05, 0) is 19.8 Å². The third-order valence-corrected chi connectivity index (χ3v) is 4.84. The maximum atomic E-state index is 12.6. The van der Waals surface area contributed by atoms with Crippen molar-refractivity contribution in [3.63, 3.8) is 0 Å². The summed E-state index contributed by atoms with van der Waals surface area (Å²) in [5.74, 6) is 1.40. The number of anilines is 1. The summed E-state index contributed by atoms with van der Waals surface area (Å²) < 4.78 is 3.91. The van der Waals surface area contributed by atoms with Crippen molar-refractivity contribution in [2.24, 2.45) is 0 Å². The second-order valence-electron chi connectivity index (χ2n) is 6.73. The first-order valence-electron chi connectivity index (χ1n) is 9.62. The van der Waals surface area contributed by atoms with Crippen LogP contribution in [0.25, 0.3) is 16.7 Å². The number of aromatic amines is 1. The van der Waals surface area contributed by atoms with Crippen LogP contribution in [-0.4, -0.2) is 40.4 Å². The highest BCUT2D eigenvalue weighted by Gasteiger charge is 2.17. The minimum absolute atomic E-state index is 0.156. The molecule has 2 N–H and O–H groups in total. The zero-order chi connectivity index (χ0) is 19.7. The highest BCUT2D eigenvalue weighted by atomic mass is 16.1. The van der Waals surface area contributed by atoms with Crippen LogP contribution in [0.4, 0.5) is 5.95 Å². The van der Waals surface area contributed by atoms with Gasteiger partial charge < -0.3 is 14.9 Å². The van der Waals surface area contributed by atoms with Crippen LogP contribution in [0.5, 0.6) is 0 Å². The van der Waals surface area contributed by atoms with Crippen LogP contribution in [0, 0.1) is 6.92 Å².